The summed E-state index contributed by atoms with van der Waals surface area (Å²) in [7, 11) is 0. The number of rotatable bonds is 8. The van der Waals surface area contributed by atoms with Crippen molar-refractivity contribution in [1.29, 1.82) is 0 Å². The van der Waals surface area contributed by atoms with E-state index in [-0.39, 0.29) is 18.3 Å². The van der Waals surface area contributed by atoms with E-state index in [1.54, 1.807) is 0 Å². The summed E-state index contributed by atoms with van der Waals surface area (Å²) < 4.78 is 39.7. The molecule has 0 bridgehead atoms. The van der Waals surface area contributed by atoms with Crippen molar-refractivity contribution in [2.45, 2.75) is 44.9 Å². The molecule has 3 rings (SSSR count). The monoisotopic (exact) mass is 433 g/mol. The number of carbonyl (C=O) groups excluding carboxylic acids is 1. The average molecular weight is 434 g/mol. The molecule has 4 nitrogen and oxygen atoms in total. The first-order valence-corrected chi connectivity index (χ1v) is 10.8. The summed E-state index contributed by atoms with van der Waals surface area (Å²) in [4.78, 5) is 17.2. The highest BCUT2D eigenvalue weighted by Gasteiger charge is 2.34. The number of halogens is 3. The van der Waals surface area contributed by atoms with E-state index in [0.29, 0.717) is 0 Å². The van der Waals surface area contributed by atoms with Gasteiger partial charge in [0.25, 0.3) is 0 Å². The zero-order valence-corrected chi connectivity index (χ0v) is 17.9. The number of hydrogen-bond acceptors (Lipinski definition) is 3. The first-order chi connectivity index (χ1) is 14.9. The summed E-state index contributed by atoms with van der Waals surface area (Å²) in [6, 6.07) is 15.6. The van der Waals surface area contributed by atoms with Crippen LogP contribution in [0.2, 0.25) is 0 Å². The zero-order chi connectivity index (χ0) is 22.3. The maximum absolute atomic E-state index is 13.2. The largest absolute Gasteiger partial charge is 0.418 e. The molecule has 0 aliphatic carbocycles. The molecule has 1 fully saturated rings. The molecule has 1 unspecified atom stereocenters. The Morgan fingerprint density at radius 2 is 1.84 bits per heavy atom. The van der Waals surface area contributed by atoms with Gasteiger partial charge in [-0.1, -0.05) is 49.4 Å². The summed E-state index contributed by atoms with van der Waals surface area (Å²) in [5.74, 6) is -0.412. The number of piperidine rings is 1. The molecule has 1 amide bonds. The fourth-order valence-corrected chi connectivity index (χ4v) is 4.21. The smallest absolute Gasteiger partial charge is 0.324 e. The van der Waals surface area contributed by atoms with Gasteiger partial charge in [-0.15, -0.1) is 0 Å². The molecule has 7 heteroatoms. The van der Waals surface area contributed by atoms with Crippen LogP contribution in [0, 0.1) is 0 Å². The molecule has 1 heterocycles. The lowest BCUT2D eigenvalue weighted by molar-refractivity contribution is -0.137. The molecule has 1 atom stereocenters. The van der Waals surface area contributed by atoms with Crippen molar-refractivity contribution in [3.63, 3.8) is 0 Å². The van der Waals surface area contributed by atoms with Gasteiger partial charge in [0.15, 0.2) is 0 Å². The number of amides is 1. The summed E-state index contributed by atoms with van der Waals surface area (Å²) in [5.41, 5.74) is 0.245. The molecule has 31 heavy (non-hydrogen) atoms. The first-order valence-electron chi connectivity index (χ1n) is 10.8. The fraction of sp³-hybridized carbons (Fsp3) is 0.458. The van der Waals surface area contributed by atoms with Crippen LogP contribution in [0.15, 0.2) is 54.6 Å². The van der Waals surface area contributed by atoms with Gasteiger partial charge in [-0.25, -0.2) is 0 Å². The van der Waals surface area contributed by atoms with Gasteiger partial charge in [-0.05, 0) is 50.0 Å². The maximum Gasteiger partial charge on any atom is 0.418 e. The summed E-state index contributed by atoms with van der Waals surface area (Å²) in [6.45, 7) is 5.59. The molecule has 168 valence electrons. The average Bonchev–Trinajstić information content (AvgIpc) is 2.74. The van der Waals surface area contributed by atoms with E-state index in [0.717, 1.165) is 51.5 Å². The molecule has 0 aromatic heterocycles. The Bertz CT molecular complexity index is 841. The third-order valence-electron chi connectivity index (χ3n) is 5.61. The van der Waals surface area contributed by atoms with Gasteiger partial charge in [0.1, 0.15) is 0 Å². The van der Waals surface area contributed by atoms with Crippen LogP contribution in [-0.4, -0.2) is 47.9 Å². The quantitative estimate of drug-likeness (QED) is 0.635. The van der Waals surface area contributed by atoms with Crippen molar-refractivity contribution in [3.05, 3.63) is 65.7 Å². The lowest BCUT2D eigenvalue weighted by Crippen LogP contribution is -2.50. The molecule has 0 saturated carbocycles. The second kappa shape index (κ2) is 10.8. The van der Waals surface area contributed by atoms with E-state index in [2.05, 4.69) is 34.2 Å². The molecule has 1 N–H and O–H groups in total. The van der Waals surface area contributed by atoms with Crippen LogP contribution >= 0.6 is 0 Å². The number of para-hydroxylation sites is 1. The SMILES string of the molecule is CCCN(CC(=O)Nc1ccccc1C(F)(F)F)C1CCCN(Cc2ccccc2)C1. The number of nitrogens with zero attached hydrogens (tertiary/aromatic N) is 2. The van der Waals surface area contributed by atoms with Crippen LogP contribution < -0.4 is 5.32 Å². The van der Waals surface area contributed by atoms with E-state index in [1.807, 2.05) is 18.2 Å². The van der Waals surface area contributed by atoms with E-state index >= 15 is 0 Å². The van der Waals surface area contributed by atoms with E-state index in [1.165, 1.54) is 23.8 Å². The van der Waals surface area contributed by atoms with Crippen LogP contribution in [0.1, 0.15) is 37.3 Å². The molecular formula is C24H30F3N3O. The molecule has 2 aromatic rings. The van der Waals surface area contributed by atoms with Crippen molar-refractivity contribution in [2.75, 3.05) is 31.5 Å². The molecule has 1 aliphatic rings. The van der Waals surface area contributed by atoms with Crippen LogP contribution in [0.3, 0.4) is 0 Å². The maximum atomic E-state index is 13.2. The van der Waals surface area contributed by atoms with Gasteiger partial charge < -0.3 is 5.32 Å². The lowest BCUT2D eigenvalue weighted by Gasteiger charge is -2.39. The van der Waals surface area contributed by atoms with E-state index < -0.39 is 17.6 Å². The Morgan fingerprint density at radius 1 is 1.13 bits per heavy atom. The number of likely N-dealkylation sites (tertiary alicyclic amines) is 1. The molecule has 2 aromatic carbocycles. The van der Waals surface area contributed by atoms with Crippen LogP contribution in [0.4, 0.5) is 18.9 Å². The van der Waals surface area contributed by atoms with Crippen molar-refractivity contribution < 1.29 is 18.0 Å². The number of hydrogen-bond donors (Lipinski definition) is 1. The standard InChI is InChI=1S/C24H30F3N3O/c1-2-14-30(18-23(31)28-22-13-7-6-12-21(22)24(25,26)27)20-11-8-15-29(17-20)16-19-9-4-3-5-10-19/h3-7,9-10,12-13,20H,2,8,11,14-18H2,1H3,(H,28,31). The van der Waals surface area contributed by atoms with Crippen molar-refractivity contribution >= 4 is 11.6 Å². The van der Waals surface area contributed by atoms with Gasteiger partial charge in [0.05, 0.1) is 17.8 Å². The summed E-state index contributed by atoms with van der Waals surface area (Å²) >= 11 is 0. The first kappa shape index (κ1) is 23.3. The molecule has 1 aliphatic heterocycles. The lowest BCUT2D eigenvalue weighted by atomic mass is 10.0. The van der Waals surface area contributed by atoms with Gasteiger partial charge in [0.2, 0.25) is 5.91 Å². The molecule has 0 spiro atoms. The van der Waals surface area contributed by atoms with E-state index in [4.69, 9.17) is 0 Å². The van der Waals surface area contributed by atoms with Crippen LogP contribution in [-0.2, 0) is 17.5 Å². The van der Waals surface area contributed by atoms with Crippen molar-refractivity contribution in [3.8, 4) is 0 Å². The highest BCUT2D eigenvalue weighted by molar-refractivity contribution is 5.93. The number of benzene rings is 2. The highest BCUT2D eigenvalue weighted by Crippen LogP contribution is 2.34. The summed E-state index contributed by atoms with van der Waals surface area (Å²) in [6.07, 6.45) is -1.61. The number of anilines is 1. The number of alkyl halides is 3. The summed E-state index contributed by atoms with van der Waals surface area (Å²) in [5, 5.41) is 2.48. The predicted octanol–water partition coefficient (Wildman–Crippen LogP) is 5.02. The Hall–Kier alpha value is -2.38. The Kier molecular flexibility index (Phi) is 8.09. The van der Waals surface area contributed by atoms with Crippen molar-refractivity contribution in [2.24, 2.45) is 0 Å². The number of nitrogens with one attached hydrogen (secondary N) is 1. The minimum absolute atomic E-state index is 0.0872. The second-order valence-electron chi connectivity index (χ2n) is 8.08. The molecule has 1 saturated heterocycles. The van der Waals surface area contributed by atoms with Crippen LogP contribution in [0.5, 0.6) is 0 Å². The fourth-order valence-electron chi connectivity index (χ4n) is 4.21. The topological polar surface area (TPSA) is 35.6 Å². The minimum atomic E-state index is -4.51. The van der Waals surface area contributed by atoms with Gasteiger partial charge in [-0.2, -0.15) is 13.2 Å². The third kappa shape index (κ3) is 6.80. The number of carbonyl (C=O) groups is 1. The minimum Gasteiger partial charge on any atom is -0.324 e. The van der Waals surface area contributed by atoms with Gasteiger partial charge >= 0.3 is 6.18 Å². The zero-order valence-electron chi connectivity index (χ0n) is 17.9. The van der Waals surface area contributed by atoms with Crippen molar-refractivity contribution in [1.82, 2.24) is 9.80 Å². The highest BCUT2D eigenvalue weighted by atomic mass is 19.4. The Morgan fingerprint density at radius 3 is 2.55 bits per heavy atom. The molecular weight excluding hydrogens is 403 g/mol. The Labute approximate surface area is 182 Å². The Balaban J connectivity index is 1.63. The van der Waals surface area contributed by atoms with Crippen LogP contribution in [0.25, 0.3) is 0 Å². The normalized spacial score (nSPS) is 17.6. The second-order valence-corrected chi connectivity index (χ2v) is 8.08. The van der Waals surface area contributed by atoms with E-state index in [9.17, 15) is 18.0 Å². The van der Waals surface area contributed by atoms with Gasteiger partial charge in [0, 0.05) is 19.1 Å². The third-order valence-corrected chi connectivity index (χ3v) is 5.61. The predicted molar refractivity (Wildman–Crippen MR) is 117 cm³/mol. The molecule has 0 radical (unpaired) electrons. The van der Waals surface area contributed by atoms with Gasteiger partial charge in [-0.3, -0.25) is 14.6 Å².